The van der Waals surface area contributed by atoms with E-state index in [4.69, 9.17) is 11.5 Å². The third-order valence-corrected chi connectivity index (χ3v) is 2.93. The number of nitrogens with two attached hydrogens (primary N) is 2. The molecule has 4 N–H and O–H groups in total. The minimum Gasteiger partial charge on any atom is -0.368 e. The Morgan fingerprint density at radius 2 is 1.79 bits per heavy atom. The lowest BCUT2D eigenvalue weighted by molar-refractivity contribution is -0.146. The molecule has 7 heteroatoms. The molecule has 0 heterocycles. The van der Waals surface area contributed by atoms with E-state index in [2.05, 4.69) is 0 Å². The zero-order chi connectivity index (χ0) is 15.1. The van der Waals surface area contributed by atoms with Gasteiger partial charge in [-0.15, -0.1) is 0 Å². The number of nitrogens with zero attached hydrogens (tertiary/aromatic N) is 1. The molecule has 1 unspecified atom stereocenters. The molecule has 0 aliphatic carbocycles. The minimum atomic E-state index is -4.18. The van der Waals surface area contributed by atoms with E-state index in [-0.39, 0.29) is 0 Å². The van der Waals surface area contributed by atoms with E-state index in [1.807, 2.05) is 6.92 Å². The van der Waals surface area contributed by atoms with Crippen molar-refractivity contribution < 1.29 is 18.0 Å². The highest BCUT2D eigenvalue weighted by Crippen LogP contribution is 2.17. The topological polar surface area (TPSA) is 72.3 Å². The number of carbonyl (C=O) groups excluding carboxylic acids is 1. The monoisotopic (exact) mass is 283 g/mol. The van der Waals surface area contributed by atoms with Crippen LogP contribution >= 0.6 is 0 Å². The van der Waals surface area contributed by atoms with Crippen LogP contribution in [-0.2, 0) is 4.79 Å². The van der Waals surface area contributed by atoms with Crippen molar-refractivity contribution in [2.75, 3.05) is 19.6 Å². The van der Waals surface area contributed by atoms with Gasteiger partial charge in [-0.05, 0) is 45.7 Å². The zero-order valence-electron chi connectivity index (χ0n) is 11.6. The number of carbonyl (C=O) groups is 1. The maximum Gasteiger partial charge on any atom is 0.401 e. The summed E-state index contributed by atoms with van der Waals surface area (Å²) in [6, 6.07) is 0. The first kappa shape index (κ1) is 18.2. The minimum absolute atomic E-state index is 0.349. The highest BCUT2D eigenvalue weighted by Gasteiger charge is 2.30. The number of halogens is 3. The maximum atomic E-state index is 12.3. The number of hydrogen-bond donors (Lipinski definition) is 2. The summed E-state index contributed by atoms with van der Waals surface area (Å²) in [6.45, 7) is 3.25. The Balaban J connectivity index is 4.03. The summed E-state index contributed by atoms with van der Waals surface area (Å²) >= 11 is 0. The smallest absolute Gasteiger partial charge is 0.368 e. The fraction of sp³-hybridized carbons (Fsp3) is 0.917. The van der Waals surface area contributed by atoms with E-state index >= 15 is 0 Å². The average molecular weight is 283 g/mol. The number of rotatable bonds is 9. The molecule has 0 aromatic rings. The number of amides is 1. The van der Waals surface area contributed by atoms with Crippen LogP contribution in [0.4, 0.5) is 13.2 Å². The van der Waals surface area contributed by atoms with Crippen LogP contribution in [0.15, 0.2) is 0 Å². The van der Waals surface area contributed by atoms with Gasteiger partial charge in [-0.2, -0.15) is 13.2 Å². The van der Waals surface area contributed by atoms with Crippen LogP contribution in [0, 0.1) is 0 Å². The maximum absolute atomic E-state index is 12.3. The second kappa shape index (κ2) is 7.69. The van der Waals surface area contributed by atoms with Gasteiger partial charge in [0.15, 0.2) is 0 Å². The van der Waals surface area contributed by atoms with Crippen molar-refractivity contribution in [1.29, 1.82) is 0 Å². The molecule has 0 radical (unpaired) electrons. The Kier molecular flexibility index (Phi) is 7.36. The molecule has 19 heavy (non-hydrogen) atoms. The summed E-state index contributed by atoms with van der Waals surface area (Å²) in [6.07, 6.45) is -1.98. The molecular weight excluding hydrogens is 259 g/mol. The molecule has 0 spiro atoms. The Hall–Kier alpha value is -0.820. The third kappa shape index (κ3) is 8.83. The molecular formula is C12H24F3N3O. The van der Waals surface area contributed by atoms with Gasteiger partial charge in [0.05, 0.1) is 12.1 Å². The Bertz CT molecular complexity index is 280. The number of hydrogen-bond acceptors (Lipinski definition) is 3. The molecule has 0 aliphatic heterocycles. The first-order chi connectivity index (χ1) is 8.58. The van der Waals surface area contributed by atoms with Crippen molar-refractivity contribution in [3.63, 3.8) is 0 Å². The zero-order valence-corrected chi connectivity index (χ0v) is 11.6. The largest absolute Gasteiger partial charge is 0.401 e. The van der Waals surface area contributed by atoms with Gasteiger partial charge in [0, 0.05) is 0 Å². The fourth-order valence-electron chi connectivity index (χ4n) is 1.79. The summed E-state index contributed by atoms with van der Waals surface area (Å²) in [4.78, 5) is 12.4. The van der Waals surface area contributed by atoms with Gasteiger partial charge in [-0.25, -0.2) is 0 Å². The van der Waals surface area contributed by atoms with Gasteiger partial charge in [0.1, 0.15) is 0 Å². The lowest BCUT2D eigenvalue weighted by atomic mass is 9.95. The summed E-state index contributed by atoms with van der Waals surface area (Å²) in [7, 11) is 0. The quantitative estimate of drug-likeness (QED) is 0.632. The molecule has 4 nitrogen and oxygen atoms in total. The van der Waals surface area contributed by atoms with E-state index in [1.54, 1.807) is 0 Å². The van der Waals surface area contributed by atoms with E-state index in [9.17, 15) is 18.0 Å². The van der Waals surface area contributed by atoms with Crippen molar-refractivity contribution in [1.82, 2.24) is 4.90 Å². The second-order valence-electron chi connectivity index (χ2n) is 5.13. The SMILES string of the molecule is CCCN(CCCCC(C)(N)C(N)=O)CC(F)(F)F. The van der Waals surface area contributed by atoms with Crippen LogP contribution in [-0.4, -0.2) is 42.2 Å². The van der Waals surface area contributed by atoms with Crippen LogP contribution in [0.1, 0.15) is 39.5 Å². The molecule has 0 aromatic heterocycles. The van der Waals surface area contributed by atoms with Crippen LogP contribution in [0.3, 0.4) is 0 Å². The molecule has 0 rings (SSSR count). The van der Waals surface area contributed by atoms with Gasteiger partial charge in [0.2, 0.25) is 5.91 Å². The van der Waals surface area contributed by atoms with Crippen molar-refractivity contribution in [3.8, 4) is 0 Å². The van der Waals surface area contributed by atoms with Crippen molar-refractivity contribution >= 4 is 5.91 Å². The molecule has 0 aromatic carbocycles. The van der Waals surface area contributed by atoms with Gasteiger partial charge < -0.3 is 11.5 Å². The summed E-state index contributed by atoms with van der Waals surface area (Å²) in [5, 5.41) is 0. The first-order valence-electron chi connectivity index (χ1n) is 6.46. The standard InChI is InChI=1S/C12H24F3N3O/c1-3-7-18(9-12(13,14)15)8-5-4-6-11(2,17)10(16)19/h3-9,17H2,1-2H3,(H2,16,19). The van der Waals surface area contributed by atoms with Crippen LogP contribution < -0.4 is 11.5 Å². The van der Waals surface area contributed by atoms with E-state index < -0.39 is 24.2 Å². The number of alkyl halides is 3. The molecule has 1 atom stereocenters. The summed E-state index contributed by atoms with van der Waals surface area (Å²) in [5.74, 6) is -0.590. The molecule has 0 saturated carbocycles. The Morgan fingerprint density at radius 1 is 1.21 bits per heavy atom. The van der Waals surface area contributed by atoms with E-state index in [0.29, 0.717) is 38.8 Å². The van der Waals surface area contributed by atoms with E-state index in [1.165, 1.54) is 11.8 Å². The molecule has 1 amide bonds. The van der Waals surface area contributed by atoms with Crippen LogP contribution in [0.2, 0.25) is 0 Å². The van der Waals surface area contributed by atoms with E-state index in [0.717, 1.165) is 0 Å². The second-order valence-corrected chi connectivity index (χ2v) is 5.13. The molecule has 0 bridgehead atoms. The van der Waals surface area contributed by atoms with Gasteiger partial charge in [-0.3, -0.25) is 9.69 Å². The third-order valence-electron chi connectivity index (χ3n) is 2.93. The summed E-state index contributed by atoms with van der Waals surface area (Å²) in [5.41, 5.74) is 9.71. The predicted octanol–water partition coefficient (Wildman–Crippen LogP) is 1.63. The van der Waals surface area contributed by atoms with Crippen LogP contribution in [0.5, 0.6) is 0 Å². The Morgan fingerprint density at radius 3 is 2.21 bits per heavy atom. The highest BCUT2D eigenvalue weighted by atomic mass is 19.4. The van der Waals surface area contributed by atoms with Crippen molar-refractivity contribution in [2.24, 2.45) is 11.5 Å². The van der Waals surface area contributed by atoms with Crippen molar-refractivity contribution in [2.45, 2.75) is 51.2 Å². The summed E-state index contributed by atoms with van der Waals surface area (Å²) < 4.78 is 36.9. The lowest BCUT2D eigenvalue weighted by Crippen LogP contribution is -2.49. The lowest BCUT2D eigenvalue weighted by Gasteiger charge is -2.24. The highest BCUT2D eigenvalue weighted by molar-refractivity contribution is 5.83. The van der Waals surface area contributed by atoms with Crippen LogP contribution in [0.25, 0.3) is 0 Å². The normalized spacial score (nSPS) is 15.5. The molecule has 0 saturated heterocycles. The predicted molar refractivity (Wildman–Crippen MR) is 68.4 cm³/mol. The van der Waals surface area contributed by atoms with Crippen molar-refractivity contribution in [3.05, 3.63) is 0 Å². The fourth-order valence-corrected chi connectivity index (χ4v) is 1.79. The van der Waals surface area contributed by atoms with Gasteiger partial charge >= 0.3 is 6.18 Å². The molecule has 0 aliphatic rings. The molecule has 0 fully saturated rings. The van der Waals surface area contributed by atoms with Gasteiger partial charge in [-0.1, -0.05) is 6.92 Å². The first-order valence-corrected chi connectivity index (χ1v) is 6.46. The van der Waals surface area contributed by atoms with Gasteiger partial charge in [0.25, 0.3) is 0 Å². The number of primary amides is 1. The Labute approximate surface area is 112 Å². The number of unbranched alkanes of at least 4 members (excludes halogenated alkanes) is 1. The molecule has 114 valence electrons. The average Bonchev–Trinajstić information content (AvgIpc) is 2.22.